The number of carbonyl (C=O) groups excluding carboxylic acids is 1. The number of ketones is 1. The van der Waals surface area contributed by atoms with Gasteiger partial charge in [0.25, 0.3) is 0 Å². The number of Topliss-reactive ketones (excluding diaryl/α,β-unsaturated/α-hetero) is 1. The van der Waals surface area contributed by atoms with Gasteiger partial charge in [-0.05, 0) is 41.8 Å². The van der Waals surface area contributed by atoms with Crippen molar-refractivity contribution in [1.82, 2.24) is 0 Å². The van der Waals surface area contributed by atoms with Crippen molar-refractivity contribution in [2.45, 2.75) is 19.4 Å². The van der Waals surface area contributed by atoms with Crippen LogP contribution in [-0.4, -0.2) is 10.9 Å². The fourth-order valence-electron chi connectivity index (χ4n) is 2.68. The number of rotatable bonds is 5. The van der Waals surface area contributed by atoms with E-state index in [4.69, 9.17) is 0 Å². The molecule has 1 heterocycles. The molecule has 0 saturated heterocycles. The molecule has 0 aliphatic heterocycles. The van der Waals surface area contributed by atoms with Gasteiger partial charge in [0.2, 0.25) is 11.8 Å². The van der Waals surface area contributed by atoms with E-state index >= 15 is 0 Å². The van der Waals surface area contributed by atoms with Crippen LogP contribution in [0.15, 0.2) is 79.1 Å². The van der Waals surface area contributed by atoms with Crippen molar-refractivity contribution in [3.8, 4) is 5.75 Å². The van der Waals surface area contributed by atoms with Gasteiger partial charge in [-0.1, -0.05) is 30.3 Å². The molecule has 1 aromatic heterocycles. The van der Waals surface area contributed by atoms with Crippen LogP contribution in [0.3, 0.4) is 0 Å². The Labute approximate surface area is 141 Å². The van der Waals surface area contributed by atoms with E-state index in [1.54, 1.807) is 12.1 Å². The lowest BCUT2D eigenvalue weighted by atomic mass is 10.0. The minimum atomic E-state index is -0.291. The van der Waals surface area contributed by atoms with E-state index in [2.05, 4.69) is 12.1 Å². The topological polar surface area (TPSA) is 41.2 Å². The van der Waals surface area contributed by atoms with Crippen molar-refractivity contribution in [2.75, 3.05) is 0 Å². The maximum atomic E-state index is 12.5. The molecule has 3 heteroatoms. The second kappa shape index (κ2) is 7.09. The summed E-state index contributed by atoms with van der Waals surface area (Å²) in [6.07, 6.45) is 4.77. The highest BCUT2D eigenvalue weighted by atomic mass is 16.3. The molecule has 0 saturated carbocycles. The second-order valence-corrected chi connectivity index (χ2v) is 5.90. The molecule has 0 fully saturated rings. The molecular formula is C21H20NO2+. The number of benzene rings is 2. The standard InChI is InChI=1S/C21H19NO2/c1-16(21(24)19-7-9-20(23)10-8-19)22-13-11-18(12-14-22)15-17-5-3-2-4-6-17/h2-14,16H,15H2,1H3/p+1. The van der Waals surface area contributed by atoms with Crippen molar-refractivity contribution in [2.24, 2.45) is 0 Å². The van der Waals surface area contributed by atoms with Gasteiger partial charge in [-0.25, -0.2) is 0 Å². The number of aromatic hydroxyl groups is 1. The molecule has 3 nitrogen and oxygen atoms in total. The molecule has 0 radical (unpaired) electrons. The van der Waals surface area contributed by atoms with Gasteiger partial charge in [0.1, 0.15) is 5.75 Å². The Balaban J connectivity index is 1.72. The van der Waals surface area contributed by atoms with E-state index in [0.29, 0.717) is 5.56 Å². The molecule has 24 heavy (non-hydrogen) atoms. The fraction of sp³-hybridized carbons (Fsp3) is 0.143. The van der Waals surface area contributed by atoms with Gasteiger partial charge in [0.15, 0.2) is 12.4 Å². The lowest BCUT2D eigenvalue weighted by Crippen LogP contribution is -2.41. The van der Waals surface area contributed by atoms with E-state index in [0.717, 1.165) is 6.42 Å². The molecule has 1 N–H and O–H groups in total. The summed E-state index contributed by atoms with van der Waals surface area (Å²) in [5.41, 5.74) is 3.08. The molecule has 3 rings (SSSR count). The summed E-state index contributed by atoms with van der Waals surface area (Å²) >= 11 is 0. The Morgan fingerprint density at radius 3 is 2.12 bits per heavy atom. The van der Waals surface area contributed by atoms with Crippen LogP contribution in [0.4, 0.5) is 0 Å². The number of nitrogens with zero attached hydrogens (tertiary/aromatic N) is 1. The average molecular weight is 318 g/mol. The van der Waals surface area contributed by atoms with Crippen LogP contribution in [0.2, 0.25) is 0 Å². The molecule has 0 bridgehead atoms. The van der Waals surface area contributed by atoms with Crippen molar-refractivity contribution in [3.63, 3.8) is 0 Å². The Morgan fingerprint density at radius 1 is 0.917 bits per heavy atom. The summed E-state index contributed by atoms with van der Waals surface area (Å²) < 4.78 is 1.91. The van der Waals surface area contributed by atoms with Gasteiger partial charge < -0.3 is 5.11 Å². The van der Waals surface area contributed by atoms with Gasteiger partial charge in [-0.3, -0.25) is 4.79 Å². The number of aromatic nitrogens is 1. The second-order valence-electron chi connectivity index (χ2n) is 5.90. The molecule has 3 aromatic rings. The molecule has 1 atom stereocenters. The zero-order valence-electron chi connectivity index (χ0n) is 13.6. The minimum absolute atomic E-state index is 0.0239. The predicted molar refractivity (Wildman–Crippen MR) is 93.0 cm³/mol. The summed E-state index contributed by atoms with van der Waals surface area (Å²) in [5, 5.41) is 9.33. The number of phenols is 1. The molecule has 0 aliphatic rings. The maximum absolute atomic E-state index is 12.5. The Bertz CT molecular complexity index is 809. The van der Waals surface area contributed by atoms with Crippen LogP contribution in [0.25, 0.3) is 0 Å². The molecule has 0 amide bonds. The quantitative estimate of drug-likeness (QED) is 0.575. The SMILES string of the molecule is CC(C(=O)c1ccc(O)cc1)[n+]1ccc(Cc2ccccc2)cc1. The lowest BCUT2D eigenvalue weighted by Gasteiger charge is -2.07. The smallest absolute Gasteiger partial charge is 0.230 e. The zero-order valence-corrected chi connectivity index (χ0v) is 13.6. The van der Waals surface area contributed by atoms with E-state index < -0.39 is 0 Å². The van der Waals surface area contributed by atoms with Crippen molar-refractivity contribution in [1.29, 1.82) is 0 Å². The number of hydrogen-bond donors (Lipinski definition) is 1. The number of hydrogen-bond acceptors (Lipinski definition) is 2. The third kappa shape index (κ3) is 3.69. The van der Waals surface area contributed by atoms with Crippen LogP contribution in [0.5, 0.6) is 5.75 Å². The van der Waals surface area contributed by atoms with Gasteiger partial charge in [-0.2, -0.15) is 4.57 Å². The average Bonchev–Trinajstić information content (AvgIpc) is 2.63. The van der Waals surface area contributed by atoms with E-state index in [1.807, 2.05) is 54.2 Å². The predicted octanol–water partition coefficient (Wildman–Crippen LogP) is 3.71. The highest BCUT2D eigenvalue weighted by Gasteiger charge is 2.23. The molecule has 0 aliphatic carbocycles. The molecule has 1 unspecified atom stereocenters. The molecular weight excluding hydrogens is 298 g/mol. The zero-order chi connectivity index (χ0) is 16.9. The van der Waals surface area contributed by atoms with Crippen molar-refractivity contribution in [3.05, 3.63) is 95.8 Å². The first-order chi connectivity index (χ1) is 11.6. The third-order valence-electron chi connectivity index (χ3n) is 4.15. The van der Waals surface area contributed by atoms with Crippen molar-refractivity contribution < 1.29 is 14.5 Å². The normalized spacial score (nSPS) is 11.9. The number of carbonyl (C=O) groups is 1. The van der Waals surface area contributed by atoms with Crippen LogP contribution in [-0.2, 0) is 6.42 Å². The lowest BCUT2D eigenvalue weighted by molar-refractivity contribution is -0.704. The van der Waals surface area contributed by atoms with Gasteiger partial charge in [0.05, 0.1) is 0 Å². The van der Waals surface area contributed by atoms with Gasteiger partial charge >= 0.3 is 0 Å². The Hall–Kier alpha value is -2.94. The third-order valence-corrected chi connectivity index (χ3v) is 4.15. The first kappa shape index (κ1) is 15.9. The highest BCUT2D eigenvalue weighted by Crippen LogP contribution is 2.14. The van der Waals surface area contributed by atoms with Crippen LogP contribution >= 0.6 is 0 Å². The Morgan fingerprint density at radius 2 is 1.50 bits per heavy atom. The van der Waals surface area contributed by atoms with E-state index in [9.17, 15) is 9.90 Å². The monoisotopic (exact) mass is 318 g/mol. The van der Waals surface area contributed by atoms with Crippen LogP contribution in [0.1, 0.15) is 34.5 Å². The molecule has 2 aromatic carbocycles. The highest BCUT2D eigenvalue weighted by molar-refractivity contribution is 5.97. The van der Waals surface area contributed by atoms with Crippen LogP contribution < -0.4 is 4.57 Å². The first-order valence-corrected chi connectivity index (χ1v) is 8.00. The van der Waals surface area contributed by atoms with E-state index in [-0.39, 0.29) is 17.6 Å². The van der Waals surface area contributed by atoms with Crippen LogP contribution in [0, 0.1) is 0 Å². The van der Waals surface area contributed by atoms with Crippen molar-refractivity contribution >= 4 is 5.78 Å². The van der Waals surface area contributed by atoms with E-state index in [1.165, 1.54) is 23.3 Å². The summed E-state index contributed by atoms with van der Waals surface area (Å²) in [6.45, 7) is 1.88. The maximum Gasteiger partial charge on any atom is 0.230 e. The summed E-state index contributed by atoms with van der Waals surface area (Å²) in [7, 11) is 0. The molecule has 0 spiro atoms. The summed E-state index contributed by atoms with van der Waals surface area (Å²) in [5.74, 6) is 0.188. The number of phenolic OH excluding ortho intramolecular Hbond substituents is 1. The number of pyridine rings is 1. The first-order valence-electron chi connectivity index (χ1n) is 8.00. The van der Waals surface area contributed by atoms with Gasteiger partial charge in [-0.15, -0.1) is 0 Å². The minimum Gasteiger partial charge on any atom is -0.508 e. The summed E-state index contributed by atoms with van der Waals surface area (Å²) in [4.78, 5) is 12.5. The Kier molecular flexibility index (Phi) is 4.71. The fourth-order valence-corrected chi connectivity index (χ4v) is 2.68. The summed E-state index contributed by atoms with van der Waals surface area (Å²) in [6, 6.07) is 20.5. The largest absolute Gasteiger partial charge is 0.508 e. The molecule has 120 valence electrons. The van der Waals surface area contributed by atoms with Gasteiger partial charge in [0, 0.05) is 24.6 Å².